The lowest BCUT2D eigenvalue weighted by Crippen LogP contribution is -2.40. The third-order valence-corrected chi connectivity index (χ3v) is 6.10. The molecule has 6 nitrogen and oxygen atoms in total. The summed E-state index contributed by atoms with van der Waals surface area (Å²) >= 11 is 8.93. The number of halogens is 2. The van der Waals surface area contributed by atoms with Crippen molar-refractivity contribution in [2.45, 2.75) is 23.5 Å². The van der Waals surface area contributed by atoms with Crippen LogP contribution in [0.5, 0.6) is 0 Å². The molecule has 1 fully saturated rings. The average molecular weight is 385 g/mol. The lowest BCUT2D eigenvalue weighted by molar-refractivity contribution is -0.140. The van der Waals surface area contributed by atoms with E-state index in [1.54, 1.807) is 0 Å². The number of rotatable bonds is 3. The Bertz CT molecular complexity index is 650. The van der Waals surface area contributed by atoms with Crippen LogP contribution in [0, 0.1) is 0 Å². The van der Waals surface area contributed by atoms with Crippen LogP contribution in [0.25, 0.3) is 0 Å². The van der Waals surface area contributed by atoms with Gasteiger partial charge in [0.2, 0.25) is 10.0 Å². The predicted octanol–water partition coefficient (Wildman–Crippen LogP) is 1.31. The van der Waals surface area contributed by atoms with Gasteiger partial charge in [0.15, 0.2) is 0 Å². The Balaban J connectivity index is 2.43. The minimum Gasteiger partial charge on any atom is -0.480 e. The fraction of sp³-hybridized carbons (Fsp3) is 0.364. The standard InChI is InChI=1S/C11H11BrClNO5S/c12-8-4-7(1-2-9(8)13)20(18,19)14-5-6(15)3-10(14)11(16)17/h1-2,4,6,10,15H,3,5H2,(H,16,17)/t6-,10-/m1/s1. The second-order valence-corrected chi connectivity index (χ2v) is 7.55. The van der Waals surface area contributed by atoms with Crippen molar-refractivity contribution in [3.05, 3.63) is 27.7 Å². The number of aliphatic carboxylic acids is 1. The second kappa shape index (κ2) is 5.61. The van der Waals surface area contributed by atoms with E-state index >= 15 is 0 Å². The van der Waals surface area contributed by atoms with Crippen LogP contribution in [-0.2, 0) is 14.8 Å². The number of β-amino-alcohol motifs (C(OH)–C–C–N with tert-alkyl or cyclic N) is 1. The molecule has 1 aliphatic rings. The van der Waals surface area contributed by atoms with Gasteiger partial charge in [0.05, 0.1) is 16.0 Å². The van der Waals surface area contributed by atoms with Crippen LogP contribution in [0.4, 0.5) is 0 Å². The summed E-state index contributed by atoms with van der Waals surface area (Å²) in [5, 5.41) is 18.9. The summed E-state index contributed by atoms with van der Waals surface area (Å²) in [4.78, 5) is 11.0. The number of carboxylic acid groups (broad SMARTS) is 1. The molecule has 110 valence electrons. The van der Waals surface area contributed by atoms with Crippen molar-refractivity contribution in [2.75, 3.05) is 6.54 Å². The summed E-state index contributed by atoms with van der Waals surface area (Å²) in [5.41, 5.74) is 0. The molecule has 1 aromatic carbocycles. The SMILES string of the molecule is O=C(O)[C@H]1C[C@@H](O)CN1S(=O)(=O)c1ccc(Cl)c(Br)c1. The van der Waals surface area contributed by atoms with E-state index in [1.807, 2.05) is 0 Å². The lowest BCUT2D eigenvalue weighted by atomic mass is 10.2. The summed E-state index contributed by atoms with van der Waals surface area (Å²) in [6, 6.07) is 2.75. The quantitative estimate of drug-likeness (QED) is 0.819. The first-order valence-electron chi connectivity index (χ1n) is 5.61. The molecule has 0 spiro atoms. The molecule has 0 unspecified atom stereocenters. The monoisotopic (exact) mass is 383 g/mol. The van der Waals surface area contributed by atoms with E-state index in [9.17, 15) is 18.3 Å². The molecule has 0 bridgehead atoms. The van der Waals surface area contributed by atoms with Crippen molar-refractivity contribution in [1.82, 2.24) is 4.31 Å². The van der Waals surface area contributed by atoms with E-state index in [2.05, 4.69) is 15.9 Å². The van der Waals surface area contributed by atoms with Crippen LogP contribution in [0.1, 0.15) is 6.42 Å². The third kappa shape index (κ3) is 2.84. The van der Waals surface area contributed by atoms with Crippen LogP contribution >= 0.6 is 27.5 Å². The molecule has 20 heavy (non-hydrogen) atoms. The number of carbonyl (C=O) groups is 1. The summed E-state index contributed by atoms with van der Waals surface area (Å²) in [6.07, 6.45) is -1.11. The molecule has 0 aromatic heterocycles. The van der Waals surface area contributed by atoms with Crippen molar-refractivity contribution in [2.24, 2.45) is 0 Å². The number of aliphatic hydroxyl groups is 1. The zero-order valence-corrected chi connectivity index (χ0v) is 13.2. The minimum atomic E-state index is -4.00. The van der Waals surface area contributed by atoms with Gasteiger partial charge in [-0.15, -0.1) is 0 Å². The molecule has 0 saturated carbocycles. The summed E-state index contributed by atoms with van der Waals surface area (Å²) in [6.45, 7) is -0.237. The van der Waals surface area contributed by atoms with Gasteiger partial charge in [-0.1, -0.05) is 11.6 Å². The molecule has 0 amide bonds. The highest BCUT2D eigenvalue weighted by Gasteiger charge is 2.43. The van der Waals surface area contributed by atoms with E-state index in [0.29, 0.717) is 9.50 Å². The second-order valence-electron chi connectivity index (χ2n) is 4.39. The number of sulfonamides is 1. The average Bonchev–Trinajstić information content (AvgIpc) is 2.75. The summed E-state index contributed by atoms with van der Waals surface area (Å²) < 4.78 is 26.1. The van der Waals surface area contributed by atoms with Crippen LogP contribution in [0.15, 0.2) is 27.6 Å². The molecule has 1 aliphatic heterocycles. The molecule has 0 aliphatic carbocycles. The molecular weight excluding hydrogens is 374 g/mol. The van der Waals surface area contributed by atoms with Crippen LogP contribution < -0.4 is 0 Å². The topological polar surface area (TPSA) is 94.9 Å². The first-order valence-corrected chi connectivity index (χ1v) is 8.22. The Morgan fingerprint density at radius 2 is 2.10 bits per heavy atom. The highest BCUT2D eigenvalue weighted by atomic mass is 79.9. The minimum absolute atomic E-state index is 0.0749. The maximum absolute atomic E-state index is 12.4. The number of nitrogens with zero attached hydrogens (tertiary/aromatic N) is 1. The van der Waals surface area contributed by atoms with E-state index in [-0.39, 0.29) is 17.9 Å². The van der Waals surface area contributed by atoms with Gasteiger partial charge in [-0.3, -0.25) is 4.79 Å². The number of hydrogen-bond donors (Lipinski definition) is 2. The molecule has 1 aromatic rings. The first kappa shape index (κ1) is 15.7. The van der Waals surface area contributed by atoms with Gasteiger partial charge < -0.3 is 10.2 Å². The predicted molar refractivity (Wildman–Crippen MR) is 75.1 cm³/mol. The van der Waals surface area contributed by atoms with E-state index in [4.69, 9.17) is 16.7 Å². The van der Waals surface area contributed by atoms with Crippen molar-refractivity contribution in [3.8, 4) is 0 Å². The zero-order chi connectivity index (χ0) is 15.1. The molecule has 9 heteroatoms. The maximum Gasteiger partial charge on any atom is 0.322 e. The summed E-state index contributed by atoms with van der Waals surface area (Å²) in [7, 11) is -4.00. The highest BCUT2D eigenvalue weighted by molar-refractivity contribution is 9.10. The lowest BCUT2D eigenvalue weighted by Gasteiger charge is -2.20. The van der Waals surface area contributed by atoms with Gasteiger partial charge in [-0.05, 0) is 34.1 Å². The van der Waals surface area contributed by atoms with Gasteiger partial charge in [0.25, 0.3) is 0 Å². The molecule has 2 atom stereocenters. The Morgan fingerprint density at radius 3 is 2.65 bits per heavy atom. The van der Waals surface area contributed by atoms with E-state index in [1.165, 1.54) is 18.2 Å². The summed E-state index contributed by atoms with van der Waals surface area (Å²) in [5.74, 6) is -1.28. The van der Waals surface area contributed by atoms with Gasteiger partial charge in [-0.2, -0.15) is 4.31 Å². The first-order chi connectivity index (χ1) is 9.23. The number of carboxylic acids is 1. The molecule has 2 N–H and O–H groups in total. The largest absolute Gasteiger partial charge is 0.480 e. The normalized spacial score (nSPS) is 23.9. The van der Waals surface area contributed by atoms with Gasteiger partial charge in [0, 0.05) is 17.4 Å². The number of aliphatic hydroxyl groups excluding tert-OH is 1. The zero-order valence-electron chi connectivity index (χ0n) is 10.0. The van der Waals surface area contributed by atoms with Crippen molar-refractivity contribution in [3.63, 3.8) is 0 Å². The fourth-order valence-electron chi connectivity index (χ4n) is 2.05. The van der Waals surface area contributed by atoms with Crippen LogP contribution in [0.3, 0.4) is 0 Å². The number of benzene rings is 1. The molecule has 1 heterocycles. The fourth-order valence-corrected chi connectivity index (χ4v) is 4.35. The van der Waals surface area contributed by atoms with Gasteiger partial charge in [0.1, 0.15) is 6.04 Å². The maximum atomic E-state index is 12.4. The van der Waals surface area contributed by atoms with Crippen molar-refractivity contribution < 1.29 is 23.4 Å². The van der Waals surface area contributed by atoms with Crippen molar-refractivity contribution >= 4 is 43.5 Å². The van der Waals surface area contributed by atoms with Crippen LogP contribution in [-0.4, -0.2) is 47.6 Å². The number of hydrogen-bond acceptors (Lipinski definition) is 4. The van der Waals surface area contributed by atoms with Gasteiger partial charge in [-0.25, -0.2) is 8.42 Å². The van der Waals surface area contributed by atoms with Crippen molar-refractivity contribution in [1.29, 1.82) is 0 Å². The highest BCUT2D eigenvalue weighted by Crippen LogP contribution is 2.30. The van der Waals surface area contributed by atoms with E-state index < -0.39 is 28.1 Å². The van der Waals surface area contributed by atoms with Gasteiger partial charge >= 0.3 is 5.97 Å². The Labute approximate surface area is 129 Å². The Hall–Kier alpha value is -0.670. The Morgan fingerprint density at radius 1 is 1.45 bits per heavy atom. The Kier molecular flexibility index (Phi) is 4.41. The smallest absolute Gasteiger partial charge is 0.322 e. The van der Waals surface area contributed by atoms with E-state index in [0.717, 1.165) is 4.31 Å². The molecule has 0 radical (unpaired) electrons. The molecular formula is C11H11BrClNO5S. The molecule has 2 rings (SSSR count). The van der Waals surface area contributed by atoms with Crippen LogP contribution in [0.2, 0.25) is 5.02 Å². The third-order valence-electron chi connectivity index (χ3n) is 3.02. The molecule has 1 saturated heterocycles.